The molecule has 0 saturated carbocycles. The highest BCUT2D eigenvalue weighted by Gasteiger charge is 2.20. The van der Waals surface area contributed by atoms with Gasteiger partial charge in [-0.3, -0.25) is 4.79 Å². The molecule has 0 unspecified atom stereocenters. The molecule has 3 rings (SSSR count). The largest absolute Gasteiger partial charge is 0.449 e. The molecule has 0 spiro atoms. The zero-order chi connectivity index (χ0) is 20.3. The van der Waals surface area contributed by atoms with E-state index in [1.165, 1.54) is 6.92 Å². The second-order valence-electron chi connectivity index (χ2n) is 6.29. The van der Waals surface area contributed by atoms with Gasteiger partial charge in [0.1, 0.15) is 6.07 Å². The summed E-state index contributed by atoms with van der Waals surface area (Å²) in [5, 5.41) is 11.7. The van der Waals surface area contributed by atoms with Crippen molar-refractivity contribution in [2.24, 2.45) is 0 Å². The molecular formula is C21H18N4O3. The fraction of sp³-hybridized carbons (Fsp3) is 0.190. The van der Waals surface area contributed by atoms with Crippen molar-refractivity contribution in [1.82, 2.24) is 9.97 Å². The minimum Gasteiger partial charge on any atom is -0.449 e. The zero-order valence-electron chi connectivity index (χ0n) is 15.7. The predicted octanol–water partition coefficient (Wildman–Crippen LogP) is 3.30. The number of anilines is 1. The van der Waals surface area contributed by atoms with Crippen LogP contribution in [0.4, 0.5) is 5.69 Å². The molecule has 0 fully saturated rings. The van der Waals surface area contributed by atoms with Crippen molar-refractivity contribution in [3.8, 4) is 6.07 Å². The molecule has 1 heterocycles. The maximum absolute atomic E-state index is 12.4. The van der Waals surface area contributed by atoms with Gasteiger partial charge in [0, 0.05) is 0 Å². The van der Waals surface area contributed by atoms with Crippen molar-refractivity contribution in [3.63, 3.8) is 0 Å². The smallest absolute Gasteiger partial charge is 0.338 e. The van der Waals surface area contributed by atoms with Crippen LogP contribution >= 0.6 is 0 Å². The molecule has 7 heteroatoms. The number of amides is 1. The molecule has 7 nitrogen and oxygen atoms in total. The van der Waals surface area contributed by atoms with Crippen LogP contribution in [0.15, 0.2) is 42.5 Å². The lowest BCUT2D eigenvalue weighted by molar-refractivity contribution is -0.123. The third-order valence-electron chi connectivity index (χ3n) is 4.27. The van der Waals surface area contributed by atoms with Gasteiger partial charge >= 0.3 is 5.97 Å². The van der Waals surface area contributed by atoms with E-state index in [0.29, 0.717) is 22.3 Å². The molecule has 1 atom stereocenters. The van der Waals surface area contributed by atoms with Crippen LogP contribution in [0.2, 0.25) is 0 Å². The molecule has 1 N–H and O–H groups in total. The number of esters is 1. The molecule has 1 aromatic heterocycles. The van der Waals surface area contributed by atoms with Gasteiger partial charge in [0.15, 0.2) is 6.10 Å². The summed E-state index contributed by atoms with van der Waals surface area (Å²) in [6, 6.07) is 13.5. The Balaban J connectivity index is 1.73. The summed E-state index contributed by atoms with van der Waals surface area (Å²) in [6.45, 7) is 5.18. The van der Waals surface area contributed by atoms with E-state index in [1.807, 2.05) is 19.9 Å². The maximum atomic E-state index is 12.4. The number of nitrogens with one attached hydrogen (secondary N) is 1. The lowest BCUT2D eigenvalue weighted by Gasteiger charge is -2.14. The van der Waals surface area contributed by atoms with Crippen LogP contribution < -0.4 is 5.32 Å². The van der Waals surface area contributed by atoms with Gasteiger partial charge in [-0.2, -0.15) is 5.26 Å². The molecule has 28 heavy (non-hydrogen) atoms. The van der Waals surface area contributed by atoms with E-state index in [2.05, 4.69) is 15.3 Å². The summed E-state index contributed by atoms with van der Waals surface area (Å²) in [5.74, 6) is -1.17. The molecule has 140 valence electrons. The Morgan fingerprint density at radius 2 is 1.75 bits per heavy atom. The Kier molecular flexibility index (Phi) is 5.32. The quantitative estimate of drug-likeness (QED) is 0.703. The molecule has 2 aromatic carbocycles. The SMILES string of the molecule is Cc1nc2ccc(C(=O)O[C@H](C)C(=O)Nc3ccccc3C#N)cc2nc1C. The number of hydrogen-bond donors (Lipinski definition) is 1. The van der Waals surface area contributed by atoms with Crippen LogP contribution in [0.5, 0.6) is 0 Å². The summed E-state index contributed by atoms with van der Waals surface area (Å²) in [7, 11) is 0. The zero-order valence-corrected chi connectivity index (χ0v) is 15.7. The van der Waals surface area contributed by atoms with Crippen LogP contribution in [0.3, 0.4) is 0 Å². The lowest BCUT2D eigenvalue weighted by Crippen LogP contribution is -2.30. The van der Waals surface area contributed by atoms with E-state index in [9.17, 15) is 9.59 Å². The second-order valence-corrected chi connectivity index (χ2v) is 6.29. The number of rotatable bonds is 4. The third-order valence-corrected chi connectivity index (χ3v) is 4.27. The minimum absolute atomic E-state index is 0.280. The van der Waals surface area contributed by atoms with Gasteiger partial charge in [-0.15, -0.1) is 0 Å². The van der Waals surface area contributed by atoms with Crippen LogP contribution in [0, 0.1) is 25.2 Å². The summed E-state index contributed by atoms with van der Waals surface area (Å²) in [6.07, 6.45) is -1.04. The van der Waals surface area contributed by atoms with Crippen molar-refractivity contribution in [2.75, 3.05) is 5.32 Å². The third kappa shape index (κ3) is 3.96. The number of nitrogens with zero attached hydrogens (tertiary/aromatic N) is 3. The molecule has 0 bridgehead atoms. The minimum atomic E-state index is -1.04. The second kappa shape index (κ2) is 7.84. The van der Waals surface area contributed by atoms with Gasteiger partial charge < -0.3 is 10.1 Å². The number of hydrogen-bond acceptors (Lipinski definition) is 6. The average molecular weight is 374 g/mol. The average Bonchev–Trinajstić information content (AvgIpc) is 2.68. The molecule has 0 radical (unpaired) electrons. The monoisotopic (exact) mass is 374 g/mol. The molecular weight excluding hydrogens is 356 g/mol. The van der Waals surface area contributed by atoms with Crippen molar-refractivity contribution in [1.29, 1.82) is 5.26 Å². The van der Waals surface area contributed by atoms with E-state index in [-0.39, 0.29) is 5.56 Å². The van der Waals surface area contributed by atoms with Gasteiger partial charge in [-0.1, -0.05) is 12.1 Å². The molecule has 1 amide bonds. The lowest BCUT2D eigenvalue weighted by atomic mass is 10.1. The number of carbonyl (C=O) groups is 2. The van der Waals surface area contributed by atoms with Gasteiger partial charge in [0.2, 0.25) is 0 Å². The van der Waals surface area contributed by atoms with E-state index in [1.54, 1.807) is 42.5 Å². The Morgan fingerprint density at radius 1 is 1.07 bits per heavy atom. The van der Waals surface area contributed by atoms with Crippen molar-refractivity contribution in [2.45, 2.75) is 26.9 Å². The number of fused-ring (bicyclic) bond motifs is 1. The van der Waals surface area contributed by atoms with E-state index >= 15 is 0 Å². The number of aryl methyl sites for hydroxylation is 2. The number of nitriles is 1. The van der Waals surface area contributed by atoms with Crippen molar-refractivity contribution < 1.29 is 14.3 Å². The van der Waals surface area contributed by atoms with Crippen LogP contribution in [0.25, 0.3) is 11.0 Å². The van der Waals surface area contributed by atoms with Gasteiger partial charge in [-0.25, -0.2) is 14.8 Å². The maximum Gasteiger partial charge on any atom is 0.338 e. The normalized spacial score (nSPS) is 11.5. The number of aromatic nitrogens is 2. The first-order valence-electron chi connectivity index (χ1n) is 8.65. The highest BCUT2D eigenvalue weighted by molar-refractivity contribution is 5.99. The fourth-order valence-electron chi connectivity index (χ4n) is 2.56. The molecule has 0 aliphatic heterocycles. The molecule has 0 aliphatic carbocycles. The standard InChI is InChI=1S/C21H18N4O3/c1-12-13(2)24-19-10-15(8-9-18(19)23-12)21(27)28-14(3)20(26)25-17-7-5-4-6-16(17)11-22/h4-10,14H,1-3H3,(H,25,26)/t14-/m1/s1. The van der Waals surface area contributed by atoms with Crippen molar-refractivity contribution in [3.05, 3.63) is 65.0 Å². The molecule has 0 saturated heterocycles. The highest BCUT2D eigenvalue weighted by atomic mass is 16.5. The topological polar surface area (TPSA) is 105 Å². The van der Waals surface area contributed by atoms with Crippen LogP contribution in [0.1, 0.15) is 34.2 Å². The van der Waals surface area contributed by atoms with Gasteiger partial charge in [0.25, 0.3) is 5.91 Å². The van der Waals surface area contributed by atoms with Crippen molar-refractivity contribution >= 4 is 28.6 Å². The van der Waals surface area contributed by atoms with E-state index < -0.39 is 18.0 Å². The fourth-order valence-corrected chi connectivity index (χ4v) is 2.56. The van der Waals surface area contributed by atoms with Gasteiger partial charge in [0.05, 0.1) is 39.2 Å². The Hall–Kier alpha value is -3.79. The number of benzene rings is 2. The Labute approximate surface area is 162 Å². The number of ether oxygens (including phenoxy) is 1. The Bertz CT molecular complexity index is 1120. The van der Waals surface area contributed by atoms with E-state index in [0.717, 1.165) is 11.4 Å². The first-order chi connectivity index (χ1) is 13.4. The summed E-state index contributed by atoms with van der Waals surface area (Å²) >= 11 is 0. The summed E-state index contributed by atoms with van der Waals surface area (Å²) in [4.78, 5) is 33.6. The predicted molar refractivity (Wildman–Crippen MR) is 104 cm³/mol. The molecule has 0 aliphatic rings. The van der Waals surface area contributed by atoms with Gasteiger partial charge in [-0.05, 0) is 51.1 Å². The number of para-hydroxylation sites is 1. The number of carbonyl (C=O) groups excluding carboxylic acids is 2. The van der Waals surface area contributed by atoms with Crippen LogP contribution in [-0.4, -0.2) is 27.9 Å². The summed E-state index contributed by atoms with van der Waals surface area (Å²) in [5.41, 5.74) is 3.84. The first kappa shape index (κ1) is 19.0. The summed E-state index contributed by atoms with van der Waals surface area (Å²) < 4.78 is 5.26. The highest BCUT2D eigenvalue weighted by Crippen LogP contribution is 2.17. The van der Waals surface area contributed by atoms with Crippen LogP contribution in [-0.2, 0) is 9.53 Å². The van der Waals surface area contributed by atoms with E-state index in [4.69, 9.17) is 10.00 Å². The first-order valence-corrected chi connectivity index (χ1v) is 8.65. The Morgan fingerprint density at radius 3 is 2.46 bits per heavy atom. The molecule has 3 aromatic rings.